The Labute approximate surface area is 80.5 Å². The average molecular weight is 196 g/mol. The monoisotopic (exact) mass is 196 g/mol. The molecule has 1 aromatic rings. The second-order valence-corrected chi connectivity index (χ2v) is 3.44. The standard InChI is InChI=1S/C9H12N2O3/c1-10-7(12)6-4-3-5-14-8(6)11(2)9(10)13/h3-5H2,1-2H3. The van der Waals surface area contributed by atoms with Crippen molar-refractivity contribution in [1.29, 1.82) is 0 Å². The molecule has 2 rings (SSSR count). The zero-order valence-electron chi connectivity index (χ0n) is 8.24. The smallest absolute Gasteiger partial charge is 0.333 e. The number of ether oxygens (including phenoxy) is 1. The van der Waals surface area contributed by atoms with E-state index < -0.39 is 0 Å². The predicted octanol–water partition coefficient (Wildman–Crippen LogP) is -0.591. The summed E-state index contributed by atoms with van der Waals surface area (Å²) in [6.07, 6.45) is 1.52. The van der Waals surface area contributed by atoms with Gasteiger partial charge in [-0.15, -0.1) is 0 Å². The lowest BCUT2D eigenvalue weighted by Crippen LogP contribution is -2.40. The average Bonchev–Trinajstić information content (AvgIpc) is 2.23. The molecular formula is C9H12N2O3. The van der Waals surface area contributed by atoms with Gasteiger partial charge in [-0.1, -0.05) is 0 Å². The molecule has 5 nitrogen and oxygen atoms in total. The maximum absolute atomic E-state index is 11.7. The highest BCUT2D eigenvalue weighted by Crippen LogP contribution is 2.18. The summed E-state index contributed by atoms with van der Waals surface area (Å²) in [5, 5.41) is 0. The van der Waals surface area contributed by atoms with Crippen molar-refractivity contribution in [2.24, 2.45) is 14.1 Å². The van der Waals surface area contributed by atoms with Crippen LogP contribution in [0.1, 0.15) is 12.0 Å². The molecule has 76 valence electrons. The molecule has 0 unspecified atom stereocenters. The topological polar surface area (TPSA) is 53.2 Å². The quantitative estimate of drug-likeness (QED) is 0.557. The van der Waals surface area contributed by atoms with Crippen LogP contribution in [0.5, 0.6) is 5.88 Å². The summed E-state index contributed by atoms with van der Waals surface area (Å²) in [6.45, 7) is 0.577. The summed E-state index contributed by atoms with van der Waals surface area (Å²) < 4.78 is 7.82. The molecule has 0 fully saturated rings. The van der Waals surface area contributed by atoms with Crippen molar-refractivity contribution in [2.75, 3.05) is 6.61 Å². The van der Waals surface area contributed by atoms with Gasteiger partial charge >= 0.3 is 5.69 Å². The third-order valence-corrected chi connectivity index (χ3v) is 2.51. The summed E-state index contributed by atoms with van der Waals surface area (Å²) in [4.78, 5) is 23.2. The van der Waals surface area contributed by atoms with Crippen LogP contribution in [-0.2, 0) is 20.5 Å². The highest BCUT2D eigenvalue weighted by molar-refractivity contribution is 5.26. The first kappa shape index (κ1) is 9.05. The van der Waals surface area contributed by atoms with E-state index in [2.05, 4.69) is 0 Å². The molecule has 0 saturated heterocycles. The molecule has 0 atom stereocenters. The Balaban J connectivity index is 2.85. The first-order valence-electron chi connectivity index (χ1n) is 4.54. The molecule has 0 radical (unpaired) electrons. The fourth-order valence-electron chi connectivity index (χ4n) is 1.71. The van der Waals surface area contributed by atoms with Gasteiger partial charge in [0.1, 0.15) is 0 Å². The van der Waals surface area contributed by atoms with E-state index in [1.165, 1.54) is 11.6 Å². The third kappa shape index (κ3) is 1.08. The largest absolute Gasteiger partial charge is 0.478 e. The molecule has 1 aromatic heterocycles. The van der Waals surface area contributed by atoms with Gasteiger partial charge in [0, 0.05) is 14.1 Å². The normalized spacial score (nSPS) is 14.7. The molecule has 1 aliphatic rings. The highest BCUT2D eigenvalue weighted by Gasteiger charge is 2.19. The van der Waals surface area contributed by atoms with E-state index in [1.54, 1.807) is 7.05 Å². The second-order valence-electron chi connectivity index (χ2n) is 3.44. The van der Waals surface area contributed by atoms with Crippen molar-refractivity contribution in [2.45, 2.75) is 12.8 Å². The lowest BCUT2D eigenvalue weighted by molar-refractivity contribution is 0.257. The van der Waals surface area contributed by atoms with Crippen LogP contribution < -0.4 is 16.0 Å². The number of fused-ring (bicyclic) bond motifs is 1. The molecule has 0 N–H and O–H groups in total. The van der Waals surface area contributed by atoms with Gasteiger partial charge in [-0.2, -0.15) is 0 Å². The van der Waals surface area contributed by atoms with Crippen LogP contribution in [0.15, 0.2) is 9.59 Å². The maximum Gasteiger partial charge on any atom is 0.333 e. The fraction of sp³-hybridized carbons (Fsp3) is 0.556. The van der Waals surface area contributed by atoms with Crippen LogP contribution in [0, 0.1) is 0 Å². The Morgan fingerprint density at radius 1 is 1.21 bits per heavy atom. The van der Waals surface area contributed by atoms with Crippen molar-refractivity contribution in [3.05, 3.63) is 26.4 Å². The van der Waals surface area contributed by atoms with E-state index in [0.717, 1.165) is 11.0 Å². The first-order valence-corrected chi connectivity index (χ1v) is 4.54. The molecule has 1 aliphatic heterocycles. The molecule has 0 amide bonds. The summed E-state index contributed by atoms with van der Waals surface area (Å²) in [6, 6.07) is 0. The van der Waals surface area contributed by atoms with Gasteiger partial charge in [0.05, 0.1) is 12.2 Å². The van der Waals surface area contributed by atoms with E-state index >= 15 is 0 Å². The predicted molar refractivity (Wildman–Crippen MR) is 50.7 cm³/mol. The maximum atomic E-state index is 11.7. The first-order chi connectivity index (χ1) is 6.63. The molecule has 14 heavy (non-hydrogen) atoms. The van der Waals surface area contributed by atoms with E-state index in [1.807, 2.05) is 0 Å². The molecule has 0 bridgehead atoms. The van der Waals surface area contributed by atoms with Gasteiger partial charge in [-0.3, -0.25) is 13.9 Å². The van der Waals surface area contributed by atoms with Crippen LogP contribution in [0.2, 0.25) is 0 Å². The zero-order chi connectivity index (χ0) is 10.3. The minimum Gasteiger partial charge on any atom is -0.478 e. The zero-order valence-corrected chi connectivity index (χ0v) is 8.24. The molecule has 5 heteroatoms. The fourth-order valence-corrected chi connectivity index (χ4v) is 1.71. The van der Waals surface area contributed by atoms with Crippen LogP contribution in [-0.4, -0.2) is 15.7 Å². The second kappa shape index (κ2) is 3.01. The molecular weight excluding hydrogens is 184 g/mol. The van der Waals surface area contributed by atoms with Gasteiger partial charge in [0.15, 0.2) is 0 Å². The number of hydrogen-bond acceptors (Lipinski definition) is 3. The Morgan fingerprint density at radius 2 is 1.93 bits per heavy atom. The van der Waals surface area contributed by atoms with Crippen molar-refractivity contribution in [1.82, 2.24) is 9.13 Å². The SMILES string of the molecule is Cn1c2c(c(=O)n(C)c1=O)CCCO2. The highest BCUT2D eigenvalue weighted by atomic mass is 16.5. The number of rotatable bonds is 0. The van der Waals surface area contributed by atoms with E-state index in [-0.39, 0.29) is 11.2 Å². The Morgan fingerprint density at radius 3 is 2.64 bits per heavy atom. The molecule has 0 saturated carbocycles. The molecule has 0 aromatic carbocycles. The number of hydrogen-bond donors (Lipinski definition) is 0. The van der Waals surface area contributed by atoms with Crippen LogP contribution in [0.4, 0.5) is 0 Å². The van der Waals surface area contributed by atoms with Gasteiger partial charge in [0.25, 0.3) is 5.56 Å². The summed E-state index contributed by atoms with van der Waals surface area (Å²) in [5.74, 6) is 0.435. The summed E-state index contributed by atoms with van der Waals surface area (Å²) in [5.41, 5.74) is 0.0410. The van der Waals surface area contributed by atoms with E-state index in [0.29, 0.717) is 24.5 Å². The van der Waals surface area contributed by atoms with Crippen molar-refractivity contribution >= 4 is 0 Å². The lowest BCUT2D eigenvalue weighted by Gasteiger charge is -2.19. The Bertz CT molecular complexity index is 484. The molecule has 0 aliphatic carbocycles. The van der Waals surface area contributed by atoms with E-state index in [4.69, 9.17) is 4.74 Å². The Hall–Kier alpha value is -1.52. The third-order valence-electron chi connectivity index (χ3n) is 2.51. The minimum absolute atomic E-state index is 0.234. The van der Waals surface area contributed by atoms with Gasteiger partial charge < -0.3 is 4.74 Å². The van der Waals surface area contributed by atoms with Crippen molar-refractivity contribution in [3.8, 4) is 5.88 Å². The molecule has 2 heterocycles. The van der Waals surface area contributed by atoms with Crippen LogP contribution in [0.25, 0.3) is 0 Å². The Kier molecular flexibility index (Phi) is 1.94. The van der Waals surface area contributed by atoms with Crippen molar-refractivity contribution in [3.63, 3.8) is 0 Å². The van der Waals surface area contributed by atoms with Gasteiger partial charge in [-0.25, -0.2) is 4.79 Å². The number of nitrogens with zero attached hydrogens (tertiary/aromatic N) is 2. The molecule has 0 spiro atoms. The van der Waals surface area contributed by atoms with E-state index in [9.17, 15) is 9.59 Å². The van der Waals surface area contributed by atoms with Crippen molar-refractivity contribution < 1.29 is 4.74 Å². The summed E-state index contributed by atoms with van der Waals surface area (Å²) in [7, 11) is 3.10. The summed E-state index contributed by atoms with van der Waals surface area (Å²) >= 11 is 0. The van der Waals surface area contributed by atoms with Gasteiger partial charge in [-0.05, 0) is 12.8 Å². The lowest BCUT2D eigenvalue weighted by atomic mass is 10.1. The van der Waals surface area contributed by atoms with Crippen LogP contribution in [0.3, 0.4) is 0 Å². The minimum atomic E-state index is -0.337. The number of aromatic nitrogens is 2. The van der Waals surface area contributed by atoms with Crippen LogP contribution >= 0.6 is 0 Å². The van der Waals surface area contributed by atoms with Gasteiger partial charge in [0.2, 0.25) is 5.88 Å².